The molecule has 0 saturated carbocycles. The highest BCUT2D eigenvalue weighted by molar-refractivity contribution is 7.13. The Morgan fingerprint density at radius 2 is 1.77 bits per heavy atom. The maximum atomic E-state index is 12.7. The van der Waals surface area contributed by atoms with E-state index in [1.54, 1.807) is 29.6 Å². The number of ether oxygens (including phenoxy) is 1. The third-order valence-electron chi connectivity index (χ3n) is 4.24. The molecule has 0 bridgehead atoms. The molecule has 4 aromatic rings. The van der Waals surface area contributed by atoms with Crippen LogP contribution in [0.15, 0.2) is 64.9 Å². The molecule has 0 radical (unpaired) electrons. The van der Waals surface area contributed by atoms with Crippen LogP contribution in [0.2, 0.25) is 15.1 Å². The second-order valence-corrected chi connectivity index (χ2v) is 8.29. The first-order valence-corrected chi connectivity index (χ1v) is 10.9. The quantitative estimate of drug-likeness (QED) is 0.335. The van der Waals surface area contributed by atoms with E-state index in [0.717, 1.165) is 15.3 Å². The van der Waals surface area contributed by atoms with Gasteiger partial charge < -0.3 is 4.74 Å². The van der Waals surface area contributed by atoms with Crippen molar-refractivity contribution in [2.45, 2.75) is 6.61 Å². The lowest BCUT2D eigenvalue weighted by Crippen LogP contribution is -2.23. The van der Waals surface area contributed by atoms with Gasteiger partial charge in [-0.15, -0.1) is 11.3 Å². The van der Waals surface area contributed by atoms with Gasteiger partial charge >= 0.3 is 5.97 Å². The number of esters is 1. The van der Waals surface area contributed by atoms with Gasteiger partial charge in [0, 0.05) is 10.9 Å². The van der Waals surface area contributed by atoms with Crippen molar-refractivity contribution in [2.75, 3.05) is 0 Å². The molecular formula is C21H12Cl3N3O3S. The first-order valence-electron chi connectivity index (χ1n) is 8.85. The summed E-state index contributed by atoms with van der Waals surface area (Å²) in [6, 6.07) is 13.8. The van der Waals surface area contributed by atoms with Crippen LogP contribution < -0.4 is 5.56 Å². The van der Waals surface area contributed by atoms with E-state index in [9.17, 15) is 9.59 Å². The molecule has 0 amide bonds. The fraction of sp³-hybridized carbons (Fsp3) is 0.0476. The largest absolute Gasteiger partial charge is 0.455 e. The van der Waals surface area contributed by atoms with Gasteiger partial charge in [-0.1, -0.05) is 65.1 Å². The number of thiazole rings is 1. The Morgan fingerprint density at radius 1 is 1.03 bits per heavy atom. The molecule has 0 fully saturated rings. The molecule has 0 aliphatic rings. The Morgan fingerprint density at radius 3 is 2.58 bits per heavy atom. The van der Waals surface area contributed by atoms with Crippen LogP contribution in [-0.4, -0.2) is 20.7 Å². The SMILES string of the molecule is O=C(OCc1csc(-c2ccccc2Cl)n1)c1ccccc1-n1ncc(Cl)c(Cl)c1=O. The Labute approximate surface area is 195 Å². The van der Waals surface area contributed by atoms with Crippen molar-refractivity contribution in [1.82, 2.24) is 14.8 Å². The van der Waals surface area contributed by atoms with Gasteiger partial charge in [-0.25, -0.2) is 9.78 Å². The lowest BCUT2D eigenvalue weighted by atomic mass is 10.2. The summed E-state index contributed by atoms with van der Waals surface area (Å²) in [5.41, 5.74) is 1.12. The zero-order chi connectivity index (χ0) is 22.0. The minimum absolute atomic E-state index is 0.0285. The average Bonchev–Trinajstić information content (AvgIpc) is 3.25. The molecule has 6 nitrogen and oxygen atoms in total. The zero-order valence-electron chi connectivity index (χ0n) is 15.6. The molecule has 4 rings (SSSR count). The number of hydrogen-bond donors (Lipinski definition) is 0. The zero-order valence-corrected chi connectivity index (χ0v) is 18.7. The highest BCUT2D eigenvalue weighted by Crippen LogP contribution is 2.30. The molecule has 0 saturated heterocycles. The third-order valence-corrected chi connectivity index (χ3v) is 6.24. The van der Waals surface area contributed by atoms with Gasteiger partial charge in [0.05, 0.1) is 33.2 Å². The molecule has 10 heteroatoms. The van der Waals surface area contributed by atoms with Gasteiger partial charge in [-0.3, -0.25) is 4.79 Å². The summed E-state index contributed by atoms with van der Waals surface area (Å²) in [5.74, 6) is -0.636. The average molecular weight is 493 g/mol. The lowest BCUT2D eigenvalue weighted by molar-refractivity contribution is 0.0468. The van der Waals surface area contributed by atoms with E-state index in [0.29, 0.717) is 10.7 Å². The van der Waals surface area contributed by atoms with Crippen LogP contribution in [0.3, 0.4) is 0 Å². The van der Waals surface area contributed by atoms with Crippen molar-refractivity contribution in [3.63, 3.8) is 0 Å². The van der Waals surface area contributed by atoms with Gasteiger partial charge in [-0.05, 0) is 18.2 Å². The summed E-state index contributed by atoms with van der Waals surface area (Å²) in [7, 11) is 0. The highest BCUT2D eigenvalue weighted by atomic mass is 35.5. The minimum Gasteiger partial charge on any atom is -0.455 e. The van der Waals surface area contributed by atoms with Gasteiger partial charge in [-0.2, -0.15) is 9.78 Å². The van der Waals surface area contributed by atoms with Crippen LogP contribution in [0.1, 0.15) is 16.1 Å². The topological polar surface area (TPSA) is 74.1 Å². The molecule has 0 spiro atoms. The molecule has 0 N–H and O–H groups in total. The summed E-state index contributed by atoms with van der Waals surface area (Å²) in [5, 5.41) is 6.93. The molecule has 0 unspecified atom stereocenters. The molecule has 2 aromatic carbocycles. The number of carbonyl (C=O) groups is 1. The van der Waals surface area contributed by atoms with Crippen LogP contribution in [0.4, 0.5) is 0 Å². The van der Waals surface area contributed by atoms with E-state index < -0.39 is 11.5 Å². The van der Waals surface area contributed by atoms with Gasteiger partial charge in [0.25, 0.3) is 5.56 Å². The Hall–Kier alpha value is -2.71. The van der Waals surface area contributed by atoms with E-state index in [1.807, 2.05) is 18.2 Å². The second kappa shape index (κ2) is 9.20. The van der Waals surface area contributed by atoms with E-state index in [2.05, 4.69) is 10.1 Å². The van der Waals surface area contributed by atoms with Crippen LogP contribution in [0, 0.1) is 0 Å². The Bertz CT molecular complexity index is 1340. The fourth-order valence-corrected chi connectivity index (χ4v) is 4.14. The maximum Gasteiger partial charge on any atom is 0.340 e. The summed E-state index contributed by atoms with van der Waals surface area (Å²) in [6.07, 6.45) is 1.24. The molecule has 156 valence electrons. The van der Waals surface area contributed by atoms with Crippen molar-refractivity contribution >= 4 is 52.1 Å². The van der Waals surface area contributed by atoms with E-state index >= 15 is 0 Å². The van der Waals surface area contributed by atoms with Crippen LogP contribution in [-0.2, 0) is 11.3 Å². The number of para-hydroxylation sites is 1. The molecule has 0 atom stereocenters. The van der Waals surface area contributed by atoms with Gasteiger partial charge in [0.2, 0.25) is 0 Å². The summed E-state index contributed by atoms with van der Waals surface area (Å²) < 4.78 is 6.42. The summed E-state index contributed by atoms with van der Waals surface area (Å²) in [6.45, 7) is -0.0438. The number of halogens is 3. The minimum atomic E-state index is -0.640. The third kappa shape index (κ3) is 4.50. The van der Waals surface area contributed by atoms with E-state index in [1.165, 1.54) is 23.6 Å². The van der Waals surface area contributed by atoms with Crippen molar-refractivity contribution in [1.29, 1.82) is 0 Å². The van der Waals surface area contributed by atoms with E-state index in [-0.39, 0.29) is 27.9 Å². The number of aromatic nitrogens is 3. The molecular weight excluding hydrogens is 481 g/mol. The predicted molar refractivity (Wildman–Crippen MR) is 122 cm³/mol. The fourth-order valence-electron chi connectivity index (χ4n) is 2.76. The van der Waals surface area contributed by atoms with Crippen LogP contribution in [0.5, 0.6) is 0 Å². The van der Waals surface area contributed by atoms with Gasteiger partial charge in [0.15, 0.2) is 0 Å². The highest BCUT2D eigenvalue weighted by Gasteiger charge is 2.18. The number of benzene rings is 2. The smallest absolute Gasteiger partial charge is 0.340 e. The first kappa shape index (κ1) is 21.5. The van der Waals surface area contributed by atoms with Crippen LogP contribution in [0.25, 0.3) is 16.3 Å². The summed E-state index contributed by atoms with van der Waals surface area (Å²) in [4.78, 5) is 29.6. The number of rotatable bonds is 5. The standard InChI is InChI=1S/C21H12Cl3N3O3S/c22-15-7-3-1-5-13(15)19-26-12(11-31-19)10-30-21(29)14-6-2-4-8-17(14)27-20(28)18(24)16(23)9-25-27/h1-9,11H,10H2. The van der Waals surface area contributed by atoms with Crippen molar-refractivity contribution in [3.8, 4) is 16.3 Å². The predicted octanol–water partition coefficient (Wildman–Crippen LogP) is 5.67. The van der Waals surface area contributed by atoms with Crippen molar-refractivity contribution in [2.24, 2.45) is 0 Å². The molecule has 2 aromatic heterocycles. The van der Waals surface area contributed by atoms with Crippen molar-refractivity contribution in [3.05, 3.63) is 96.8 Å². The lowest BCUT2D eigenvalue weighted by Gasteiger charge is -2.10. The van der Waals surface area contributed by atoms with Gasteiger partial charge in [0.1, 0.15) is 16.6 Å². The summed E-state index contributed by atoms with van der Waals surface area (Å²) >= 11 is 19.4. The van der Waals surface area contributed by atoms with Crippen molar-refractivity contribution < 1.29 is 9.53 Å². The van der Waals surface area contributed by atoms with E-state index in [4.69, 9.17) is 39.5 Å². The molecule has 0 aliphatic heterocycles. The number of carbonyl (C=O) groups excluding carboxylic acids is 1. The molecule has 0 aliphatic carbocycles. The monoisotopic (exact) mass is 491 g/mol. The Balaban J connectivity index is 1.56. The Kier molecular flexibility index (Phi) is 6.38. The number of nitrogens with zero attached hydrogens (tertiary/aromatic N) is 3. The molecule has 2 heterocycles. The molecule has 31 heavy (non-hydrogen) atoms. The normalized spacial score (nSPS) is 10.8. The number of hydrogen-bond acceptors (Lipinski definition) is 6. The second-order valence-electron chi connectivity index (χ2n) is 6.24. The first-order chi connectivity index (χ1) is 15.0. The maximum absolute atomic E-state index is 12.7. The van der Waals surface area contributed by atoms with Crippen LogP contribution >= 0.6 is 46.1 Å².